The van der Waals surface area contributed by atoms with Crippen molar-refractivity contribution >= 4 is 54.7 Å². The number of methoxy groups -OCH3 is 1. The first-order valence-corrected chi connectivity index (χ1v) is 15.3. The Balaban J connectivity index is 1.90. The molecule has 0 aliphatic carbocycles. The fraction of sp³-hybridized carbons (Fsp3) is 0.200. The van der Waals surface area contributed by atoms with Crippen molar-refractivity contribution in [2.24, 2.45) is 0 Å². The monoisotopic (exact) mass is 595 g/mol. The van der Waals surface area contributed by atoms with Crippen LogP contribution in [0.15, 0.2) is 70.5 Å². The molecule has 0 aliphatic rings. The number of amides is 1. The summed E-state index contributed by atoms with van der Waals surface area (Å²) in [6.45, 7) is 0.207. The van der Waals surface area contributed by atoms with Gasteiger partial charge in [-0.3, -0.25) is 9.52 Å². The largest absolute Gasteiger partial charge is 0.496 e. The Labute approximate surface area is 232 Å². The van der Waals surface area contributed by atoms with Crippen molar-refractivity contribution in [1.29, 1.82) is 0 Å². The predicted octanol–water partition coefficient (Wildman–Crippen LogP) is 3.17. The number of ether oxygens (including phenoxy) is 1. The van der Waals surface area contributed by atoms with E-state index < -0.39 is 19.9 Å². The fourth-order valence-corrected chi connectivity index (χ4v) is 5.94. The molecule has 3 aromatic rings. The molecule has 9 nitrogen and oxygen atoms in total. The molecule has 0 saturated heterocycles. The van der Waals surface area contributed by atoms with Crippen LogP contribution in [-0.4, -0.2) is 54.8 Å². The number of thiocarbonyl (C=S) groups is 1. The number of sulfonamides is 1. The van der Waals surface area contributed by atoms with Gasteiger partial charge in [-0.05, 0) is 66.2 Å². The quantitative estimate of drug-likeness (QED) is 0.322. The molecule has 0 atom stereocenters. The molecule has 0 unspecified atom stereocenters. The number of halogens is 1. The van der Waals surface area contributed by atoms with Gasteiger partial charge in [-0.2, -0.15) is 0 Å². The van der Waals surface area contributed by atoms with Crippen molar-refractivity contribution in [3.8, 4) is 16.9 Å². The summed E-state index contributed by atoms with van der Waals surface area (Å²) < 4.78 is 57.6. The maximum Gasteiger partial charge on any atom is 0.264 e. The van der Waals surface area contributed by atoms with Gasteiger partial charge < -0.3 is 15.4 Å². The van der Waals surface area contributed by atoms with Crippen LogP contribution in [0.1, 0.15) is 15.9 Å². The summed E-state index contributed by atoms with van der Waals surface area (Å²) in [6.07, 6.45) is 1.41. The van der Waals surface area contributed by atoms with Gasteiger partial charge in [0.15, 0.2) is 14.9 Å². The Morgan fingerprint density at radius 3 is 2.29 bits per heavy atom. The highest BCUT2D eigenvalue weighted by Crippen LogP contribution is 2.30. The van der Waals surface area contributed by atoms with Crippen LogP contribution in [0.4, 0.5) is 0 Å². The third-order valence-electron chi connectivity index (χ3n) is 5.49. The molecule has 0 radical (unpaired) electrons. The molecule has 0 saturated carbocycles. The minimum Gasteiger partial charge on any atom is -0.496 e. The number of nitrogens with one attached hydrogen (secondary N) is 3. The second-order valence-electron chi connectivity index (χ2n) is 8.16. The average molecular weight is 596 g/mol. The first kappa shape index (κ1) is 29.4. The van der Waals surface area contributed by atoms with E-state index in [1.807, 2.05) is 0 Å². The molecule has 0 heterocycles. The van der Waals surface area contributed by atoms with E-state index in [1.54, 1.807) is 36.4 Å². The van der Waals surface area contributed by atoms with Crippen molar-refractivity contribution in [3.63, 3.8) is 0 Å². The maximum absolute atomic E-state index is 13.2. The Morgan fingerprint density at radius 2 is 1.68 bits per heavy atom. The summed E-state index contributed by atoms with van der Waals surface area (Å²) in [7, 11) is -4.58. The van der Waals surface area contributed by atoms with Gasteiger partial charge in [0.25, 0.3) is 15.9 Å². The summed E-state index contributed by atoms with van der Waals surface area (Å²) in [5.74, 6) is -0.0149. The Kier molecular flexibility index (Phi) is 9.36. The Hall–Kier alpha value is -3.19. The van der Waals surface area contributed by atoms with Crippen LogP contribution in [0.25, 0.3) is 11.1 Å². The average Bonchev–Trinajstić information content (AvgIpc) is 2.87. The van der Waals surface area contributed by atoms with Crippen LogP contribution < -0.4 is 20.1 Å². The van der Waals surface area contributed by atoms with Crippen molar-refractivity contribution in [1.82, 2.24) is 15.4 Å². The molecule has 202 valence electrons. The molecule has 0 bridgehead atoms. The highest BCUT2D eigenvalue weighted by Gasteiger charge is 2.22. The van der Waals surface area contributed by atoms with Crippen molar-refractivity contribution in [2.45, 2.75) is 16.2 Å². The summed E-state index contributed by atoms with van der Waals surface area (Å²) in [5, 5.41) is 5.66. The molecular weight excluding hydrogens is 570 g/mol. The Bertz CT molecular complexity index is 1570. The highest BCUT2D eigenvalue weighted by atomic mass is 35.5. The second kappa shape index (κ2) is 12.1. The lowest BCUT2D eigenvalue weighted by Crippen LogP contribution is -2.37. The molecule has 13 heteroatoms. The first-order chi connectivity index (χ1) is 17.9. The first-order valence-electron chi connectivity index (χ1n) is 11.2. The van der Waals surface area contributed by atoms with E-state index in [0.717, 1.165) is 6.26 Å². The number of benzene rings is 3. The lowest BCUT2D eigenvalue weighted by atomic mass is 10.0. The van der Waals surface area contributed by atoms with Crippen LogP contribution in [0.2, 0.25) is 5.02 Å². The number of hydrogen-bond donors (Lipinski definition) is 3. The third-order valence-corrected chi connectivity index (χ3v) is 8.68. The standard InChI is InChI=1S/C25H26ClN3O6S3/c1-27-25(36)29-38(33,34)23-14-16(4-10-20(23)17-5-8-19(9-6-17)37(3,31)32)12-13-28-24(30)21-15-18(26)7-11-22(21)35-2/h4-11,14-15H,12-13H2,1-3H3,(H,28,30)(H2,27,29,36). The molecule has 1 amide bonds. The van der Waals surface area contributed by atoms with Crippen LogP contribution in [-0.2, 0) is 26.3 Å². The minimum absolute atomic E-state index is 0.0532. The van der Waals surface area contributed by atoms with Gasteiger partial charge in [0, 0.05) is 30.4 Å². The molecule has 0 aliphatic heterocycles. The zero-order valence-corrected chi connectivity index (χ0v) is 23.9. The summed E-state index contributed by atoms with van der Waals surface area (Å²) >= 11 is 11.0. The van der Waals surface area contributed by atoms with Gasteiger partial charge >= 0.3 is 0 Å². The van der Waals surface area contributed by atoms with Gasteiger partial charge in [-0.25, -0.2) is 16.8 Å². The smallest absolute Gasteiger partial charge is 0.264 e. The summed E-state index contributed by atoms with van der Waals surface area (Å²) in [5.41, 5.74) is 1.77. The third kappa shape index (κ3) is 7.22. The lowest BCUT2D eigenvalue weighted by Gasteiger charge is -2.15. The number of hydrogen-bond acceptors (Lipinski definition) is 7. The Morgan fingerprint density at radius 1 is 1.00 bits per heavy atom. The van der Waals surface area contributed by atoms with Crippen LogP contribution in [0.5, 0.6) is 5.75 Å². The highest BCUT2D eigenvalue weighted by molar-refractivity contribution is 7.92. The molecule has 38 heavy (non-hydrogen) atoms. The van der Waals surface area contributed by atoms with Crippen molar-refractivity contribution in [3.05, 3.63) is 76.8 Å². The zero-order valence-electron chi connectivity index (χ0n) is 20.7. The normalized spacial score (nSPS) is 11.5. The number of carbonyl (C=O) groups is 1. The van der Waals surface area contributed by atoms with Crippen LogP contribution in [0, 0.1) is 0 Å². The molecule has 0 spiro atoms. The zero-order chi connectivity index (χ0) is 28.1. The van der Waals surface area contributed by atoms with E-state index in [1.165, 1.54) is 38.4 Å². The molecule has 3 N–H and O–H groups in total. The van der Waals surface area contributed by atoms with Crippen molar-refractivity contribution < 1.29 is 26.4 Å². The van der Waals surface area contributed by atoms with Gasteiger partial charge in [-0.1, -0.05) is 35.9 Å². The van der Waals surface area contributed by atoms with E-state index in [4.69, 9.17) is 28.6 Å². The van der Waals surface area contributed by atoms with E-state index in [2.05, 4.69) is 15.4 Å². The lowest BCUT2D eigenvalue weighted by molar-refractivity contribution is 0.0951. The maximum atomic E-state index is 13.2. The molecule has 3 rings (SSSR count). The van der Waals surface area contributed by atoms with E-state index in [9.17, 15) is 21.6 Å². The number of rotatable bonds is 9. The number of carbonyl (C=O) groups excluding carboxylic acids is 1. The predicted molar refractivity (Wildman–Crippen MR) is 151 cm³/mol. The van der Waals surface area contributed by atoms with E-state index in [-0.39, 0.29) is 32.9 Å². The number of sulfone groups is 1. The van der Waals surface area contributed by atoms with Gasteiger partial charge in [-0.15, -0.1) is 0 Å². The molecule has 3 aromatic carbocycles. The summed E-state index contributed by atoms with van der Waals surface area (Å²) in [6, 6.07) is 15.5. The van der Waals surface area contributed by atoms with Gasteiger partial charge in [0.2, 0.25) is 0 Å². The van der Waals surface area contributed by atoms with E-state index >= 15 is 0 Å². The minimum atomic E-state index is -4.10. The van der Waals surface area contributed by atoms with Crippen LogP contribution in [0.3, 0.4) is 0 Å². The molecule has 0 fully saturated rings. The molecular formula is C25H26ClN3O6S3. The fourth-order valence-electron chi connectivity index (χ4n) is 3.57. The molecule has 0 aromatic heterocycles. The second-order valence-corrected chi connectivity index (χ2v) is 12.7. The van der Waals surface area contributed by atoms with Gasteiger partial charge in [0.05, 0.1) is 22.5 Å². The SMILES string of the molecule is CNC(=S)NS(=O)(=O)c1cc(CCNC(=O)c2cc(Cl)ccc2OC)ccc1-c1ccc(S(C)(=O)=O)cc1. The van der Waals surface area contributed by atoms with Crippen LogP contribution >= 0.6 is 23.8 Å². The topological polar surface area (TPSA) is 131 Å². The summed E-state index contributed by atoms with van der Waals surface area (Å²) in [4.78, 5) is 12.7. The van der Waals surface area contributed by atoms with Crippen molar-refractivity contribution in [2.75, 3.05) is 27.0 Å². The van der Waals surface area contributed by atoms with Gasteiger partial charge in [0.1, 0.15) is 5.75 Å². The van der Waals surface area contributed by atoms with E-state index in [0.29, 0.717) is 33.9 Å².